The van der Waals surface area contributed by atoms with Gasteiger partial charge < -0.3 is 4.42 Å². The fraction of sp³-hybridized carbons (Fsp3) is 0. The lowest BCUT2D eigenvalue weighted by Gasteiger charge is -2.02. The summed E-state index contributed by atoms with van der Waals surface area (Å²) in [5.74, 6) is 0. The Morgan fingerprint density at radius 2 is 1.91 bits per heavy atom. The highest BCUT2D eigenvalue weighted by Gasteiger charge is 2.14. The second-order valence-corrected chi connectivity index (χ2v) is 8.18. The Morgan fingerprint density at radius 3 is 2.73 bits per heavy atom. The molecular weight excluding hydrogens is 524 g/mol. The smallest absolute Gasteiger partial charge is 0.346 e. The molecule has 4 aromatic rings. The highest BCUT2D eigenvalue weighted by Crippen LogP contribution is 2.31. The van der Waals surface area contributed by atoms with Gasteiger partial charge in [-0.05, 0) is 75.5 Å². The molecule has 0 N–H and O–H groups in total. The van der Waals surface area contributed by atoms with E-state index in [1.807, 2.05) is 42.5 Å². The Bertz CT molecular complexity index is 1050. The lowest BCUT2D eigenvalue weighted by molar-refractivity contribution is 0.561. The first kappa shape index (κ1) is 14.6. The molecule has 0 aliphatic heterocycles. The molecule has 0 amide bonds. The lowest BCUT2D eigenvalue weighted by Crippen LogP contribution is -2.03. The first-order valence-electron chi connectivity index (χ1n) is 6.41. The summed E-state index contributed by atoms with van der Waals surface area (Å²) in [4.78, 5) is 16.9. The standard InChI is InChI=1S/C16H7I2NO2S/c17-9-5-8-6-10(16(20)21-14(8)11(18)7-9)15-19-12-3-1-2-4-13(12)22-15/h1-7H. The number of fused-ring (bicyclic) bond motifs is 2. The number of aromatic nitrogens is 1. The van der Waals surface area contributed by atoms with Crippen LogP contribution in [0.15, 0.2) is 51.7 Å². The van der Waals surface area contributed by atoms with Crippen molar-refractivity contribution in [3.05, 3.63) is 60.0 Å². The van der Waals surface area contributed by atoms with Crippen molar-refractivity contribution in [1.82, 2.24) is 4.98 Å². The second kappa shape index (κ2) is 5.57. The molecule has 0 aliphatic rings. The van der Waals surface area contributed by atoms with Crippen LogP contribution >= 0.6 is 56.5 Å². The molecule has 4 rings (SSSR count). The highest BCUT2D eigenvalue weighted by atomic mass is 127. The molecule has 0 unspecified atom stereocenters. The minimum Gasteiger partial charge on any atom is -0.421 e. The Kier molecular flexibility index (Phi) is 3.69. The van der Waals surface area contributed by atoms with Crippen molar-refractivity contribution < 1.29 is 4.42 Å². The summed E-state index contributed by atoms with van der Waals surface area (Å²) in [7, 11) is 0. The van der Waals surface area contributed by atoms with Crippen molar-refractivity contribution in [3.8, 4) is 10.6 Å². The minimum atomic E-state index is -0.342. The van der Waals surface area contributed by atoms with Crippen LogP contribution < -0.4 is 5.63 Å². The minimum absolute atomic E-state index is 0.342. The Labute approximate surface area is 156 Å². The van der Waals surface area contributed by atoms with E-state index in [9.17, 15) is 4.79 Å². The molecule has 2 heterocycles. The maximum atomic E-state index is 12.3. The molecule has 0 saturated carbocycles. The summed E-state index contributed by atoms with van der Waals surface area (Å²) in [6, 6.07) is 13.7. The summed E-state index contributed by atoms with van der Waals surface area (Å²) in [6.07, 6.45) is 0. The van der Waals surface area contributed by atoms with Gasteiger partial charge in [0.2, 0.25) is 0 Å². The van der Waals surface area contributed by atoms with Gasteiger partial charge >= 0.3 is 5.63 Å². The average Bonchev–Trinajstić information content (AvgIpc) is 2.91. The van der Waals surface area contributed by atoms with E-state index in [1.54, 1.807) is 0 Å². The van der Waals surface area contributed by atoms with Gasteiger partial charge in [-0.1, -0.05) is 12.1 Å². The Hall–Kier alpha value is -1.00. The van der Waals surface area contributed by atoms with Gasteiger partial charge in [0.15, 0.2) is 5.58 Å². The molecule has 3 nitrogen and oxygen atoms in total. The maximum absolute atomic E-state index is 12.3. The van der Waals surface area contributed by atoms with Crippen LogP contribution in [-0.4, -0.2) is 4.98 Å². The molecule has 0 aliphatic carbocycles. The number of benzene rings is 2. The van der Waals surface area contributed by atoms with Crippen LogP contribution in [0.3, 0.4) is 0 Å². The van der Waals surface area contributed by atoms with Crippen molar-refractivity contribution in [1.29, 1.82) is 0 Å². The van der Waals surface area contributed by atoms with Crippen LogP contribution in [0, 0.1) is 7.14 Å². The van der Waals surface area contributed by atoms with Crippen LogP contribution in [0.4, 0.5) is 0 Å². The Balaban J connectivity index is 2.02. The SMILES string of the molecule is O=c1oc2c(I)cc(I)cc2cc1-c1nc2ccccc2s1. The van der Waals surface area contributed by atoms with Gasteiger partial charge in [0.05, 0.1) is 19.4 Å². The first-order chi connectivity index (χ1) is 10.6. The van der Waals surface area contributed by atoms with E-state index < -0.39 is 0 Å². The number of nitrogens with zero attached hydrogens (tertiary/aromatic N) is 1. The lowest BCUT2D eigenvalue weighted by atomic mass is 10.2. The van der Waals surface area contributed by atoms with E-state index in [0.29, 0.717) is 16.2 Å². The monoisotopic (exact) mass is 531 g/mol. The van der Waals surface area contributed by atoms with E-state index >= 15 is 0 Å². The predicted molar refractivity (Wildman–Crippen MR) is 107 cm³/mol. The molecule has 0 spiro atoms. The van der Waals surface area contributed by atoms with Crippen molar-refractivity contribution in [2.24, 2.45) is 0 Å². The van der Waals surface area contributed by atoms with E-state index in [4.69, 9.17) is 4.42 Å². The van der Waals surface area contributed by atoms with Gasteiger partial charge in [-0.15, -0.1) is 11.3 Å². The van der Waals surface area contributed by atoms with Crippen molar-refractivity contribution >= 4 is 77.7 Å². The maximum Gasteiger partial charge on any atom is 0.346 e. The Morgan fingerprint density at radius 1 is 1.09 bits per heavy atom. The van der Waals surface area contributed by atoms with Gasteiger partial charge in [0.1, 0.15) is 5.01 Å². The summed E-state index contributed by atoms with van der Waals surface area (Å²) in [5.41, 5.74) is 1.72. The molecule has 0 saturated heterocycles. The number of hydrogen-bond donors (Lipinski definition) is 0. The van der Waals surface area contributed by atoms with Crippen molar-refractivity contribution in [2.45, 2.75) is 0 Å². The summed E-state index contributed by atoms with van der Waals surface area (Å²) in [5, 5.41) is 1.62. The van der Waals surface area contributed by atoms with E-state index in [2.05, 4.69) is 50.2 Å². The van der Waals surface area contributed by atoms with Crippen LogP contribution in [-0.2, 0) is 0 Å². The number of halogens is 2. The molecule has 0 radical (unpaired) electrons. The van der Waals surface area contributed by atoms with Crippen LogP contribution in [0.5, 0.6) is 0 Å². The van der Waals surface area contributed by atoms with Gasteiger partial charge in [-0.2, -0.15) is 0 Å². The zero-order valence-corrected chi connectivity index (χ0v) is 16.1. The van der Waals surface area contributed by atoms with Gasteiger partial charge in [0.25, 0.3) is 0 Å². The average molecular weight is 531 g/mol. The van der Waals surface area contributed by atoms with E-state index in [0.717, 1.165) is 22.7 Å². The number of para-hydroxylation sites is 1. The fourth-order valence-electron chi connectivity index (χ4n) is 2.29. The normalized spacial score (nSPS) is 11.4. The topological polar surface area (TPSA) is 43.1 Å². The largest absolute Gasteiger partial charge is 0.421 e. The molecular formula is C16H7I2NO2S. The van der Waals surface area contributed by atoms with E-state index in [-0.39, 0.29) is 5.63 Å². The summed E-state index contributed by atoms with van der Waals surface area (Å²) in [6.45, 7) is 0. The molecule has 2 aromatic carbocycles. The quantitative estimate of drug-likeness (QED) is 0.248. The second-order valence-electron chi connectivity index (χ2n) is 4.74. The zero-order valence-electron chi connectivity index (χ0n) is 11.0. The molecule has 0 bridgehead atoms. The molecule has 2 aromatic heterocycles. The summed E-state index contributed by atoms with van der Waals surface area (Å²) >= 11 is 5.96. The fourth-order valence-corrected chi connectivity index (χ4v) is 5.26. The number of thiazole rings is 1. The van der Waals surface area contributed by atoms with Gasteiger partial charge in [-0.25, -0.2) is 9.78 Å². The van der Waals surface area contributed by atoms with Crippen LogP contribution in [0.2, 0.25) is 0 Å². The molecule has 0 atom stereocenters. The first-order valence-corrected chi connectivity index (χ1v) is 9.38. The summed E-state index contributed by atoms with van der Waals surface area (Å²) < 4.78 is 8.64. The third kappa shape index (κ3) is 2.46. The molecule has 6 heteroatoms. The zero-order chi connectivity index (χ0) is 15.3. The van der Waals surface area contributed by atoms with Crippen LogP contribution in [0.25, 0.3) is 31.8 Å². The molecule has 0 fully saturated rings. The van der Waals surface area contributed by atoms with E-state index in [1.165, 1.54) is 11.3 Å². The molecule has 22 heavy (non-hydrogen) atoms. The third-order valence-electron chi connectivity index (χ3n) is 3.28. The van der Waals surface area contributed by atoms with Gasteiger partial charge in [0, 0.05) is 8.96 Å². The molecule has 108 valence electrons. The highest BCUT2D eigenvalue weighted by molar-refractivity contribution is 14.1. The van der Waals surface area contributed by atoms with Gasteiger partial charge in [-0.3, -0.25) is 0 Å². The van der Waals surface area contributed by atoms with Crippen LogP contribution in [0.1, 0.15) is 0 Å². The number of rotatable bonds is 1. The van der Waals surface area contributed by atoms with Crippen molar-refractivity contribution in [3.63, 3.8) is 0 Å². The van der Waals surface area contributed by atoms with Crippen molar-refractivity contribution in [2.75, 3.05) is 0 Å². The predicted octanol–water partition coefficient (Wildman–Crippen LogP) is 5.28. The third-order valence-corrected chi connectivity index (χ3v) is 5.77. The number of hydrogen-bond acceptors (Lipinski definition) is 4.